The zero-order chi connectivity index (χ0) is 13.3. The second-order valence-corrected chi connectivity index (χ2v) is 7.23. The highest BCUT2D eigenvalue weighted by Crippen LogP contribution is 2.64. The molecule has 3 aliphatic carbocycles. The monoisotopic (exact) mass is 248 g/mol. The summed E-state index contributed by atoms with van der Waals surface area (Å²) in [4.78, 5) is 23.1. The number of aliphatic hydroxyl groups excluding tert-OH is 1. The Labute approximate surface area is 107 Å². The van der Waals surface area contributed by atoms with Crippen LogP contribution < -0.4 is 0 Å². The molecule has 0 heterocycles. The molecular weight excluding hydrogens is 228 g/mol. The lowest BCUT2D eigenvalue weighted by Crippen LogP contribution is -2.66. The predicted molar refractivity (Wildman–Crippen MR) is 66.8 cm³/mol. The second-order valence-electron chi connectivity index (χ2n) is 7.23. The summed E-state index contributed by atoms with van der Waals surface area (Å²) in [6.07, 6.45) is 4.00. The van der Waals surface area contributed by atoms with Crippen LogP contribution in [0.25, 0.3) is 0 Å². The van der Waals surface area contributed by atoms with Gasteiger partial charge in [-0.15, -0.1) is 0 Å². The Hall–Kier alpha value is -0.960. The SMILES string of the molecule is CC1(C)CC2C=C(C=O)C3C(=O)C(O)C3(C)C2C1. The summed E-state index contributed by atoms with van der Waals surface area (Å²) in [6, 6.07) is 0. The number of hydrogen-bond donors (Lipinski definition) is 1. The van der Waals surface area contributed by atoms with Crippen LogP contribution in [0.15, 0.2) is 11.6 Å². The van der Waals surface area contributed by atoms with Gasteiger partial charge in [-0.3, -0.25) is 9.59 Å². The van der Waals surface area contributed by atoms with Gasteiger partial charge < -0.3 is 5.11 Å². The van der Waals surface area contributed by atoms with Crippen molar-refractivity contribution in [3.63, 3.8) is 0 Å². The van der Waals surface area contributed by atoms with Crippen molar-refractivity contribution in [1.82, 2.24) is 0 Å². The van der Waals surface area contributed by atoms with Gasteiger partial charge in [0.2, 0.25) is 0 Å². The molecule has 0 aromatic carbocycles. The lowest BCUT2D eigenvalue weighted by Gasteiger charge is -2.57. The van der Waals surface area contributed by atoms with Crippen LogP contribution in [0.1, 0.15) is 33.6 Å². The van der Waals surface area contributed by atoms with E-state index in [-0.39, 0.29) is 17.1 Å². The number of hydrogen-bond acceptors (Lipinski definition) is 3. The lowest BCUT2D eigenvalue weighted by molar-refractivity contribution is -0.177. The van der Waals surface area contributed by atoms with E-state index in [1.165, 1.54) is 0 Å². The predicted octanol–water partition coefficient (Wildman–Crippen LogP) is 1.74. The van der Waals surface area contributed by atoms with Gasteiger partial charge in [-0.25, -0.2) is 0 Å². The zero-order valence-electron chi connectivity index (χ0n) is 11.1. The Morgan fingerprint density at radius 2 is 2.00 bits per heavy atom. The Bertz CT molecular complexity index is 462. The Balaban J connectivity index is 2.07. The summed E-state index contributed by atoms with van der Waals surface area (Å²) >= 11 is 0. The van der Waals surface area contributed by atoms with Crippen LogP contribution in [-0.2, 0) is 9.59 Å². The van der Waals surface area contributed by atoms with Gasteiger partial charge in [0.1, 0.15) is 12.4 Å². The van der Waals surface area contributed by atoms with E-state index in [1.807, 2.05) is 13.0 Å². The minimum atomic E-state index is -0.882. The van der Waals surface area contributed by atoms with Crippen LogP contribution in [0.4, 0.5) is 0 Å². The van der Waals surface area contributed by atoms with Crippen molar-refractivity contribution in [3.05, 3.63) is 11.6 Å². The van der Waals surface area contributed by atoms with Crippen LogP contribution in [0.5, 0.6) is 0 Å². The van der Waals surface area contributed by atoms with E-state index >= 15 is 0 Å². The van der Waals surface area contributed by atoms with E-state index in [9.17, 15) is 14.7 Å². The van der Waals surface area contributed by atoms with Crippen molar-refractivity contribution < 1.29 is 14.7 Å². The van der Waals surface area contributed by atoms with Crippen LogP contribution in [-0.4, -0.2) is 23.3 Å². The quantitative estimate of drug-likeness (QED) is 0.719. The molecule has 3 aliphatic rings. The zero-order valence-corrected chi connectivity index (χ0v) is 11.1. The number of fused-ring (bicyclic) bond motifs is 3. The minimum Gasteiger partial charge on any atom is -0.385 e. The third-order valence-corrected chi connectivity index (χ3v) is 5.52. The lowest BCUT2D eigenvalue weighted by atomic mass is 9.46. The van der Waals surface area contributed by atoms with E-state index in [1.54, 1.807) is 0 Å². The molecule has 98 valence electrons. The molecule has 3 rings (SSSR count). The third kappa shape index (κ3) is 1.23. The molecule has 0 aliphatic heterocycles. The van der Waals surface area contributed by atoms with Crippen LogP contribution >= 0.6 is 0 Å². The fourth-order valence-corrected chi connectivity index (χ4v) is 4.69. The maximum atomic E-state index is 11.9. The van der Waals surface area contributed by atoms with Crippen LogP contribution in [0.3, 0.4) is 0 Å². The maximum Gasteiger partial charge on any atom is 0.170 e. The molecule has 0 aromatic rings. The van der Waals surface area contributed by atoms with Crippen molar-refractivity contribution in [3.8, 4) is 0 Å². The van der Waals surface area contributed by atoms with E-state index in [0.717, 1.165) is 19.1 Å². The number of Topliss-reactive ketones (excluding diaryl/α,β-unsaturated/α-hetero) is 1. The first-order valence-corrected chi connectivity index (χ1v) is 6.70. The molecule has 0 amide bonds. The highest BCUT2D eigenvalue weighted by molar-refractivity contribution is 6.01. The van der Waals surface area contributed by atoms with Gasteiger partial charge in [-0.1, -0.05) is 26.8 Å². The fourth-order valence-electron chi connectivity index (χ4n) is 4.69. The molecule has 3 nitrogen and oxygen atoms in total. The number of carbonyl (C=O) groups excluding carboxylic acids is 2. The Kier molecular flexibility index (Phi) is 2.23. The molecule has 3 heteroatoms. The largest absolute Gasteiger partial charge is 0.385 e. The maximum absolute atomic E-state index is 11.9. The Morgan fingerprint density at radius 1 is 1.33 bits per heavy atom. The molecule has 5 unspecified atom stereocenters. The van der Waals surface area contributed by atoms with E-state index in [4.69, 9.17) is 0 Å². The van der Waals surface area contributed by atoms with Crippen molar-refractivity contribution in [2.24, 2.45) is 28.6 Å². The van der Waals surface area contributed by atoms with Crippen molar-refractivity contribution in [2.75, 3.05) is 0 Å². The van der Waals surface area contributed by atoms with Crippen LogP contribution in [0, 0.1) is 28.6 Å². The van der Waals surface area contributed by atoms with E-state index in [0.29, 0.717) is 17.4 Å². The number of rotatable bonds is 1. The van der Waals surface area contributed by atoms with Gasteiger partial charge in [-0.2, -0.15) is 0 Å². The molecule has 2 saturated carbocycles. The fraction of sp³-hybridized carbons (Fsp3) is 0.733. The average Bonchev–Trinajstić information content (AvgIpc) is 2.62. The normalized spacial score (nSPS) is 48.9. The molecule has 0 radical (unpaired) electrons. The average molecular weight is 248 g/mol. The first-order valence-electron chi connectivity index (χ1n) is 6.70. The molecule has 5 atom stereocenters. The first kappa shape index (κ1) is 12.1. The molecule has 0 spiro atoms. The summed E-state index contributed by atoms with van der Waals surface area (Å²) in [5, 5.41) is 10.1. The summed E-state index contributed by atoms with van der Waals surface area (Å²) in [6.45, 7) is 6.44. The van der Waals surface area contributed by atoms with Gasteiger partial charge in [0.15, 0.2) is 5.78 Å². The van der Waals surface area contributed by atoms with E-state index in [2.05, 4.69) is 13.8 Å². The number of allylic oxidation sites excluding steroid dienone is 2. The Morgan fingerprint density at radius 3 is 2.61 bits per heavy atom. The highest BCUT2D eigenvalue weighted by atomic mass is 16.3. The van der Waals surface area contributed by atoms with Crippen LogP contribution in [0.2, 0.25) is 0 Å². The van der Waals surface area contributed by atoms with Gasteiger partial charge >= 0.3 is 0 Å². The highest BCUT2D eigenvalue weighted by Gasteiger charge is 2.67. The van der Waals surface area contributed by atoms with Gasteiger partial charge in [-0.05, 0) is 35.7 Å². The molecule has 0 saturated heterocycles. The smallest absolute Gasteiger partial charge is 0.170 e. The summed E-state index contributed by atoms with van der Waals surface area (Å²) < 4.78 is 0. The minimum absolute atomic E-state index is 0.168. The molecule has 0 bridgehead atoms. The van der Waals surface area contributed by atoms with Crippen molar-refractivity contribution in [2.45, 2.75) is 39.7 Å². The van der Waals surface area contributed by atoms with Gasteiger partial charge in [0, 0.05) is 5.41 Å². The number of ketones is 1. The summed E-state index contributed by atoms with van der Waals surface area (Å²) in [5.41, 5.74) is 0.420. The number of aliphatic hydroxyl groups is 1. The summed E-state index contributed by atoms with van der Waals surface area (Å²) in [5.74, 6) is 0.136. The standard InChI is InChI=1S/C15H20O3/c1-14(2)5-8-4-9(7-16)11-12(17)13(18)15(11,3)10(8)6-14/h4,7-8,10-11,13,18H,5-6H2,1-3H3. The number of aldehydes is 1. The molecule has 0 aromatic heterocycles. The topological polar surface area (TPSA) is 54.4 Å². The second kappa shape index (κ2) is 3.32. The molecule has 2 fully saturated rings. The first-order chi connectivity index (χ1) is 8.31. The molecular formula is C15H20O3. The summed E-state index contributed by atoms with van der Waals surface area (Å²) in [7, 11) is 0. The number of carbonyl (C=O) groups is 2. The molecule has 18 heavy (non-hydrogen) atoms. The third-order valence-electron chi connectivity index (χ3n) is 5.52. The van der Waals surface area contributed by atoms with Gasteiger partial charge in [0.05, 0.1) is 5.92 Å². The van der Waals surface area contributed by atoms with Gasteiger partial charge in [0.25, 0.3) is 0 Å². The van der Waals surface area contributed by atoms with Crippen molar-refractivity contribution >= 4 is 12.1 Å². The van der Waals surface area contributed by atoms with E-state index < -0.39 is 11.5 Å². The van der Waals surface area contributed by atoms with Crippen molar-refractivity contribution in [1.29, 1.82) is 0 Å². The molecule has 1 N–H and O–H groups in total.